The fourth-order valence-electron chi connectivity index (χ4n) is 3.28. The number of aliphatic carboxylic acids is 1. The van der Waals surface area contributed by atoms with Crippen molar-refractivity contribution in [3.05, 3.63) is 33.8 Å². The van der Waals surface area contributed by atoms with Crippen LogP contribution < -0.4 is 0 Å². The van der Waals surface area contributed by atoms with Gasteiger partial charge in [-0.15, -0.1) is 0 Å². The maximum atomic E-state index is 11.5. The largest absolute Gasteiger partial charge is 0.481 e. The van der Waals surface area contributed by atoms with E-state index in [4.69, 9.17) is 27.9 Å². The van der Waals surface area contributed by atoms with E-state index in [1.165, 1.54) is 0 Å². The third-order valence-electron chi connectivity index (χ3n) is 4.15. The Kier molecular flexibility index (Phi) is 3.46. The molecule has 2 aliphatic rings. The molecule has 2 fully saturated rings. The quantitative estimate of drug-likeness (QED) is 0.905. The number of halogens is 2. The molecule has 0 aromatic heterocycles. The first kappa shape index (κ1) is 13.2. The Morgan fingerprint density at radius 3 is 2.74 bits per heavy atom. The van der Waals surface area contributed by atoms with E-state index in [2.05, 4.69) is 0 Å². The maximum absolute atomic E-state index is 11.5. The first-order valence-corrected chi connectivity index (χ1v) is 7.15. The molecule has 1 aromatic rings. The van der Waals surface area contributed by atoms with Crippen LogP contribution in [0.25, 0.3) is 0 Å². The van der Waals surface area contributed by atoms with Crippen molar-refractivity contribution in [1.82, 2.24) is 0 Å². The lowest BCUT2D eigenvalue weighted by Crippen LogP contribution is -2.38. The van der Waals surface area contributed by atoms with Crippen LogP contribution >= 0.6 is 23.2 Å². The zero-order chi connectivity index (χ0) is 13.6. The third kappa shape index (κ3) is 2.35. The van der Waals surface area contributed by atoms with Crippen LogP contribution in [-0.4, -0.2) is 23.3 Å². The minimum atomic E-state index is -0.790. The third-order valence-corrected chi connectivity index (χ3v) is 4.89. The van der Waals surface area contributed by atoms with E-state index < -0.39 is 11.9 Å². The fraction of sp³-hybridized carbons (Fsp3) is 0.500. The molecule has 2 saturated heterocycles. The second-order valence-corrected chi connectivity index (χ2v) is 6.07. The van der Waals surface area contributed by atoms with Crippen molar-refractivity contribution in [3.8, 4) is 0 Å². The highest BCUT2D eigenvalue weighted by Gasteiger charge is 2.47. The number of benzene rings is 1. The van der Waals surface area contributed by atoms with Gasteiger partial charge in [0.15, 0.2) is 0 Å². The summed E-state index contributed by atoms with van der Waals surface area (Å²) in [7, 11) is 0. The summed E-state index contributed by atoms with van der Waals surface area (Å²) in [5.41, 5.74) is 0.946. The van der Waals surface area contributed by atoms with Gasteiger partial charge in [0.25, 0.3) is 0 Å². The molecule has 0 spiro atoms. The van der Waals surface area contributed by atoms with Crippen molar-refractivity contribution in [2.45, 2.75) is 37.4 Å². The molecule has 5 heteroatoms. The number of hydrogen-bond acceptors (Lipinski definition) is 2. The van der Waals surface area contributed by atoms with E-state index in [0.717, 1.165) is 24.8 Å². The van der Waals surface area contributed by atoms with E-state index >= 15 is 0 Å². The number of fused-ring (bicyclic) bond motifs is 2. The molecule has 0 amide bonds. The van der Waals surface area contributed by atoms with Crippen molar-refractivity contribution in [2.75, 3.05) is 0 Å². The van der Waals surface area contributed by atoms with Crippen molar-refractivity contribution in [1.29, 1.82) is 0 Å². The predicted molar refractivity (Wildman–Crippen MR) is 72.8 cm³/mol. The molecule has 2 aliphatic heterocycles. The summed E-state index contributed by atoms with van der Waals surface area (Å²) in [6, 6.07) is 5.39. The second-order valence-electron chi connectivity index (χ2n) is 5.25. The number of rotatable bonds is 2. The first-order chi connectivity index (χ1) is 9.06. The molecule has 102 valence electrons. The molecule has 0 radical (unpaired) electrons. The summed E-state index contributed by atoms with van der Waals surface area (Å²) >= 11 is 12.0. The fourth-order valence-corrected chi connectivity index (χ4v) is 3.58. The molecule has 3 nitrogen and oxygen atoms in total. The van der Waals surface area contributed by atoms with Gasteiger partial charge in [0.1, 0.15) is 0 Å². The number of ether oxygens (including phenoxy) is 1. The average Bonchev–Trinajstić information content (AvgIpc) is 2.73. The van der Waals surface area contributed by atoms with Crippen LogP contribution in [0.15, 0.2) is 18.2 Å². The molecule has 3 rings (SSSR count). The summed E-state index contributed by atoms with van der Waals surface area (Å²) in [4.78, 5) is 11.5. The van der Waals surface area contributed by atoms with Crippen LogP contribution in [0.2, 0.25) is 10.0 Å². The van der Waals surface area contributed by atoms with Gasteiger partial charge in [-0.3, -0.25) is 4.79 Å². The zero-order valence-electron chi connectivity index (χ0n) is 10.2. The highest BCUT2D eigenvalue weighted by Crippen LogP contribution is 2.46. The molecule has 4 atom stereocenters. The zero-order valence-corrected chi connectivity index (χ0v) is 11.7. The van der Waals surface area contributed by atoms with Gasteiger partial charge < -0.3 is 9.84 Å². The number of carboxylic acid groups (broad SMARTS) is 1. The van der Waals surface area contributed by atoms with Crippen molar-refractivity contribution >= 4 is 29.2 Å². The summed E-state index contributed by atoms with van der Waals surface area (Å²) in [6.07, 6.45) is 2.53. The molecule has 2 heterocycles. The molecule has 19 heavy (non-hydrogen) atoms. The number of carbonyl (C=O) groups is 1. The van der Waals surface area contributed by atoms with Gasteiger partial charge in [-0.1, -0.05) is 29.3 Å². The van der Waals surface area contributed by atoms with Gasteiger partial charge in [0.2, 0.25) is 0 Å². The van der Waals surface area contributed by atoms with E-state index in [1.54, 1.807) is 12.1 Å². The molecular formula is C14H14Cl2O3. The van der Waals surface area contributed by atoms with Crippen molar-refractivity contribution in [2.24, 2.45) is 5.92 Å². The summed E-state index contributed by atoms with van der Waals surface area (Å²) < 4.78 is 5.74. The lowest BCUT2D eigenvalue weighted by atomic mass is 9.79. The van der Waals surface area contributed by atoms with E-state index in [0.29, 0.717) is 10.0 Å². The van der Waals surface area contributed by atoms with Crippen LogP contribution in [0.1, 0.15) is 30.7 Å². The summed E-state index contributed by atoms with van der Waals surface area (Å²) in [5, 5.41) is 10.4. The van der Waals surface area contributed by atoms with E-state index in [-0.39, 0.29) is 18.1 Å². The molecule has 0 unspecified atom stereocenters. The highest BCUT2D eigenvalue weighted by molar-refractivity contribution is 6.42. The van der Waals surface area contributed by atoms with Crippen LogP contribution in [0, 0.1) is 5.92 Å². The standard InChI is InChI=1S/C14H14Cl2O3/c15-10-3-1-7(5-11(10)16)9-6-8-2-4-12(19-8)13(9)14(17)18/h1,3,5,8-9,12-13H,2,4,6H2,(H,17,18)/t8-,9+,12+,13-/m0/s1. The minimum absolute atomic E-state index is 0.0430. The Hall–Kier alpha value is -0.770. The Morgan fingerprint density at radius 2 is 2.05 bits per heavy atom. The van der Waals surface area contributed by atoms with Crippen LogP contribution in [0.5, 0.6) is 0 Å². The van der Waals surface area contributed by atoms with Crippen molar-refractivity contribution in [3.63, 3.8) is 0 Å². The Balaban J connectivity index is 1.96. The molecule has 0 aliphatic carbocycles. The van der Waals surface area contributed by atoms with Gasteiger partial charge in [-0.05, 0) is 37.0 Å². The monoisotopic (exact) mass is 300 g/mol. The Bertz CT molecular complexity index is 517. The highest BCUT2D eigenvalue weighted by atomic mass is 35.5. The van der Waals surface area contributed by atoms with E-state index in [9.17, 15) is 9.90 Å². The normalized spacial score (nSPS) is 33.4. The lowest BCUT2D eigenvalue weighted by molar-refractivity contribution is -0.153. The predicted octanol–water partition coefficient (Wildman–Crippen LogP) is 3.73. The van der Waals surface area contributed by atoms with E-state index in [1.807, 2.05) is 6.07 Å². The molecule has 2 bridgehead atoms. The Labute approximate surface area is 121 Å². The minimum Gasteiger partial charge on any atom is -0.481 e. The van der Waals surface area contributed by atoms with Gasteiger partial charge in [0, 0.05) is 5.92 Å². The van der Waals surface area contributed by atoms with Crippen LogP contribution in [0.4, 0.5) is 0 Å². The smallest absolute Gasteiger partial charge is 0.309 e. The summed E-state index contributed by atoms with van der Waals surface area (Å²) in [5.74, 6) is -1.32. The molecule has 1 aromatic carbocycles. The summed E-state index contributed by atoms with van der Waals surface area (Å²) in [6.45, 7) is 0. The Morgan fingerprint density at radius 1 is 1.26 bits per heavy atom. The van der Waals surface area contributed by atoms with Gasteiger partial charge in [-0.2, -0.15) is 0 Å². The SMILES string of the molecule is O=C(O)[C@H]1[C@@H](c2ccc(Cl)c(Cl)c2)C[C@@H]2CC[C@H]1O2. The topological polar surface area (TPSA) is 46.5 Å². The first-order valence-electron chi connectivity index (χ1n) is 6.39. The van der Waals surface area contributed by atoms with Crippen LogP contribution in [-0.2, 0) is 9.53 Å². The van der Waals surface area contributed by atoms with Gasteiger partial charge in [0.05, 0.1) is 28.2 Å². The van der Waals surface area contributed by atoms with Crippen LogP contribution in [0.3, 0.4) is 0 Å². The van der Waals surface area contributed by atoms with Gasteiger partial charge >= 0.3 is 5.97 Å². The maximum Gasteiger partial charge on any atom is 0.309 e. The molecule has 1 N–H and O–H groups in total. The van der Waals surface area contributed by atoms with Crippen molar-refractivity contribution < 1.29 is 14.6 Å². The number of carboxylic acids is 1. The number of hydrogen-bond donors (Lipinski definition) is 1. The van der Waals surface area contributed by atoms with Gasteiger partial charge in [-0.25, -0.2) is 0 Å². The average molecular weight is 301 g/mol. The second kappa shape index (κ2) is 4.97. The molecular weight excluding hydrogens is 287 g/mol. The molecule has 0 saturated carbocycles. The lowest BCUT2D eigenvalue weighted by Gasteiger charge is -2.34.